The Morgan fingerprint density at radius 3 is 2.80 bits per heavy atom. The molecule has 2 aliphatic rings. The van der Waals surface area contributed by atoms with Crippen LogP contribution in [0.25, 0.3) is 0 Å². The summed E-state index contributed by atoms with van der Waals surface area (Å²) >= 11 is 0. The van der Waals surface area contributed by atoms with Crippen LogP contribution in [0.3, 0.4) is 0 Å². The Labute approximate surface area is 179 Å². The number of rotatable bonds is 5. The summed E-state index contributed by atoms with van der Waals surface area (Å²) in [5.41, 5.74) is 12.1. The molecule has 5 nitrogen and oxygen atoms in total. The van der Waals surface area contributed by atoms with E-state index >= 15 is 0 Å². The van der Waals surface area contributed by atoms with Crippen molar-refractivity contribution in [2.45, 2.75) is 46.3 Å². The summed E-state index contributed by atoms with van der Waals surface area (Å²) in [6, 6.07) is 13.2. The van der Waals surface area contributed by atoms with Crippen LogP contribution in [0, 0.1) is 19.8 Å². The van der Waals surface area contributed by atoms with E-state index in [0.717, 1.165) is 57.9 Å². The lowest BCUT2D eigenvalue weighted by Crippen LogP contribution is -2.40. The molecule has 0 radical (unpaired) electrons. The van der Waals surface area contributed by atoms with Gasteiger partial charge in [0.25, 0.3) is 0 Å². The topological polar surface area (TPSA) is 58.8 Å². The highest BCUT2D eigenvalue weighted by Crippen LogP contribution is 2.27. The lowest BCUT2D eigenvalue weighted by Gasteiger charge is -2.31. The fraction of sp³-hybridized carbons (Fsp3) is 0.480. The molecule has 2 N–H and O–H groups in total. The van der Waals surface area contributed by atoms with Gasteiger partial charge >= 0.3 is 0 Å². The summed E-state index contributed by atoms with van der Waals surface area (Å²) < 4.78 is 6.05. The molecule has 1 unspecified atom stereocenters. The maximum absolute atomic E-state index is 11.6. The maximum Gasteiger partial charge on any atom is 0.221 e. The summed E-state index contributed by atoms with van der Waals surface area (Å²) in [5, 5.41) is 0. The van der Waals surface area contributed by atoms with E-state index in [-0.39, 0.29) is 11.8 Å². The van der Waals surface area contributed by atoms with Crippen LogP contribution in [0.15, 0.2) is 36.4 Å². The average Bonchev–Trinajstić information content (AvgIpc) is 2.92. The zero-order valence-corrected chi connectivity index (χ0v) is 18.2. The fourth-order valence-electron chi connectivity index (χ4n) is 4.64. The fourth-order valence-corrected chi connectivity index (χ4v) is 4.64. The number of amides is 1. The highest BCUT2D eigenvalue weighted by atomic mass is 16.5. The van der Waals surface area contributed by atoms with Crippen molar-refractivity contribution in [1.29, 1.82) is 0 Å². The Morgan fingerprint density at radius 2 is 1.97 bits per heavy atom. The summed E-state index contributed by atoms with van der Waals surface area (Å²) in [6.45, 7) is 10.4. The minimum Gasteiger partial charge on any atom is -0.492 e. The minimum atomic E-state index is -0.169. The second kappa shape index (κ2) is 9.19. The van der Waals surface area contributed by atoms with Crippen LogP contribution in [0.4, 0.5) is 0 Å². The van der Waals surface area contributed by atoms with Gasteiger partial charge in [-0.2, -0.15) is 0 Å². The molecule has 2 heterocycles. The Kier molecular flexibility index (Phi) is 6.40. The Hall–Kier alpha value is -2.37. The number of carbonyl (C=O) groups excluding carboxylic acids is 1. The molecule has 1 atom stereocenters. The van der Waals surface area contributed by atoms with E-state index < -0.39 is 0 Å². The summed E-state index contributed by atoms with van der Waals surface area (Å²) in [6.07, 6.45) is 1.95. The number of benzene rings is 2. The molecule has 2 aromatic rings. The SMILES string of the molecule is Cc1ccc(C)c(CN2CCOc3ccc(CN4CCCC(C(N)=O)C4)cc3C2)c1. The van der Waals surface area contributed by atoms with Crippen molar-refractivity contribution in [1.82, 2.24) is 9.80 Å². The molecule has 1 saturated heterocycles. The first-order chi connectivity index (χ1) is 14.5. The normalized spacial score (nSPS) is 20.3. The second-order valence-electron chi connectivity index (χ2n) is 8.91. The maximum atomic E-state index is 11.6. The van der Waals surface area contributed by atoms with Crippen LogP contribution in [0.1, 0.15) is 40.7 Å². The predicted octanol–water partition coefficient (Wildman–Crippen LogP) is 3.40. The number of aryl methyl sites for hydroxylation is 2. The number of primary amides is 1. The van der Waals surface area contributed by atoms with Gasteiger partial charge in [0.1, 0.15) is 12.4 Å². The molecule has 2 aliphatic heterocycles. The predicted molar refractivity (Wildman–Crippen MR) is 119 cm³/mol. The van der Waals surface area contributed by atoms with Gasteiger partial charge in [-0.05, 0) is 62.1 Å². The van der Waals surface area contributed by atoms with E-state index in [2.05, 4.69) is 60.0 Å². The van der Waals surface area contributed by atoms with Crippen molar-refractivity contribution < 1.29 is 9.53 Å². The number of hydrogen-bond acceptors (Lipinski definition) is 4. The highest BCUT2D eigenvalue weighted by Gasteiger charge is 2.24. The first-order valence-corrected chi connectivity index (χ1v) is 11.0. The zero-order valence-electron chi connectivity index (χ0n) is 18.2. The van der Waals surface area contributed by atoms with Gasteiger partial charge in [-0.1, -0.05) is 29.8 Å². The van der Waals surface area contributed by atoms with Crippen molar-refractivity contribution >= 4 is 5.91 Å². The molecule has 1 amide bonds. The molecule has 2 aromatic carbocycles. The smallest absolute Gasteiger partial charge is 0.221 e. The van der Waals surface area contributed by atoms with Crippen molar-refractivity contribution in [3.8, 4) is 5.75 Å². The third-order valence-corrected chi connectivity index (χ3v) is 6.40. The monoisotopic (exact) mass is 407 g/mol. The van der Waals surface area contributed by atoms with E-state index in [0.29, 0.717) is 6.61 Å². The molecule has 30 heavy (non-hydrogen) atoms. The van der Waals surface area contributed by atoms with Crippen molar-refractivity contribution in [2.24, 2.45) is 11.7 Å². The van der Waals surface area contributed by atoms with Crippen molar-refractivity contribution in [2.75, 3.05) is 26.2 Å². The van der Waals surface area contributed by atoms with Gasteiger partial charge in [0, 0.05) is 38.3 Å². The number of carbonyl (C=O) groups is 1. The number of likely N-dealkylation sites (tertiary alicyclic amines) is 1. The first-order valence-electron chi connectivity index (χ1n) is 11.0. The van der Waals surface area contributed by atoms with Gasteiger partial charge in [-0.3, -0.25) is 14.6 Å². The standard InChI is InChI=1S/C25H33N3O2/c1-18-5-6-19(2)22(12-18)16-28-10-11-30-24-8-7-20(13-23(24)17-28)14-27-9-3-4-21(15-27)25(26)29/h5-8,12-13,21H,3-4,9-11,14-17H2,1-2H3,(H2,26,29). The second-order valence-corrected chi connectivity index (χ2v) is 8.91. The number of nitrogens with zero attached hydrogens (tertiary/aromatic N) is 2. The first kappa shape index (κ1) is 20.9. The van der Waals surface area contributed by atoms with Crippen molar-refractivity contribution in [3.63, 3.8) is 0 Å². The van der Waals surface area contributed by atoms with E-state index in [9.17, 15) is 4.79 Å². The summed E-state index contributed by atoms with van der Waals surface area (Å²) in [5.74, 6) is 0.809. The number of nitrogens with two attached hydrogens (primary N) is 1. The Bertz CT molecular complexity index is 911. The lowest BCUT2D eigenvalue weighted by molar-refractivity contribution is -0.123. The molecule has 0 aliphatic carbocycles. The Balaban J connectivity index is 1.46. The zero-order chi connectivity index (χ0) is 21.1. The molecular formula is C25H33N3O2. The molecule has 160 valence electrons. The van der Waals surface area contributed by atoms with Gasteiger partial charge < -0.3 is 10.5 Å². The largest absolute Gasteiger partial charge is 0.492 e. The highest BCUT2D eigenvalue weighted by molar-refractivity contribution is 5.76. The van der Waals surface area contributed by atoms with Gasteiger partial charge in [-0.25, -0.2) is 0 Å². The third kappa shape index (κ3) is 5.02. The molecule has 0 saturated carbocycles. The van der Waals surface area contributed by atoms with Crippen LogP contribution in [0.2, 0.25) is 0 Å². The minimum absolute atomic E-state index is 0.0176. The van der Waals surface area contributed by atoms with Crippen LogP contribution < -0.4 is 10.5 Å². The van der Waals surface area contributed by atoms with Gasteiger partial charge in [0.05, 0.1) is 5.92 Å². The molecule has 4 rings (SSSR count). The van der Waals surface area contributed by atoms with Crippen LogP contribution in [0.5, 0.6) is 5.75 Å². The molecular weight excluding hydrogens is 374 g/mol. The van der Waals surface area contributed by atoms with Gasteiger partial charge in [-0.15, -0.1) is 0 Å². The molecule has 0 aromatic heterocycles. The number of fused-ring (bicyclic) bond motifs is 1. The van der Waals surface area contributed by atoms with E-state index in [1.807, 2.05) is 0 Å². The average molecular weight is 408 g/mol. The van der Waals surface area contributed by atoms with Crippen LogP contribution >= 0.6 is 0 Å². The molecule has 0 spiro atoms. The molecule has 1 fully saturated rings. The summed E-state index contributed by atoms with van der Waals surface area (Å²) in [7, 11) is 0. The molecule has 5 heteroatoms. The number of piperidine rings is 1. The van der Waals surface area contributed by atoms with E-state index in [1.165, 1.54) is 27.8 Å². The lowest BCUT2D eigenvalue weighted by atomic mass is 9.97. The van der Waals surface area contributed by atoms with Gasteiger partial charge in [0.15, 0.2) is 0 Å². The van der Waals surface area contributed by atoms with Crippen LogP contribution in [-0.2, 0) is 24.4 Å². The van der Waals surface area contributed by atoms with E-state index in [4.69, 9.17) is 10.5 Å². The third-order valence-electron chi connectivity index (χ3n) is 6.40. The van der Waals surface area contributed by atoms with Crippen molar-refractivity contribution in [3.05, 3.63) is 64.2 Å². The number of ether oxygens (including phenoxy) is 1. The Morgan fingerprint density at radius 1 is 1.10 bits per heavy atom. The van der Waals surface area contributed by atoms with Gasteiger partial charge in [0.2, 0.25) is 5.91 Å². The number of hydrogen-bond donors (Lipinski definition) is 1. The van der Waals surface area contributed by atoms with Crippen LogP contribution in [-0.4, -0.2) is 41.9 Å². The van der Waals surface area contributed by atoms with E-state index in [1.54, 1.807) is 0 Å². The quantitative estimate of drug-likeness (QED) is 0.825. The molecule has 0 bridgehead atoms. The summed E-state index contributed by atoms with van der Waals surface area (Å²) in [4.78, 5) is 16.4.